The normalized spacial score (nSPS) is 47.4. The van der Waals surface area contributed by atoms with E-state index >= 15 is 0 Å². The summed E-state index contributed by atoms with van der Waals surface area (Å²) in [5.41, 5.74) is 2.60. The fourth-order valence-electron chi connectivity index (χ4n) is 12.4. The number of hydrogen-bond acceptors (Lipinski definition) is 3. The molecule has 230 valence electrons. The van der Waals surface area contributed by atoms with Gasteiger partial charge < -0.3 is 15.3 Å². The largest absolute Gasteiger partial charge is 0.508 e. The highest BCUT2D eigenvalue weighted by Crippen LogP contribution is 2.66. The van der Waals surface area contributed by atoms with Crippen molar-refractivity contribution in [3.63, 3.8) is 0 Å². The Bertz CT molecular complexity index is 1380. The first-order chi connectivity index (χ1) is 20.6. The van der Waals surface area contributed by atoms with Gasteiger partial charge in [-0.2, -0.15) is 0 Å². The van der Waals surface area contributed by atoms with Crippen molar-refractivity contribution in [2.45, 2.75) is 127 Å². The van der Waals surface area contributed by atoms with E-state index < -0.39 is 11.2 Å². The SMILES string of the molecule is C#C[C@]1(O)CC[C@H]2[C@@H]3CCC4=CCCC[C@@H]4[C@H]3CC[C@@]21C.C#C[C@]1(O)CC[C@H]2[C@@H]3CCc4cc(O)ccc4[C@H]3CC[C@@]21C. The fourth-order valence-corrected chi connectivity index (χ4v) is 12.4. The van der Waals surface area contributed by atoms with E-state index in [2.05, 4.69) is 37.8 Å². The average Bonchev–Trinajstić information content (AvgIpc) is 3.46. The van der Waals surface area contributed by atoms with Crippen molar-refractivity contribution in [2.75, 3.05) is 0 Å². The minimum Gasteiger partial charge on any atom is -0.508 e. The molecule has 7 aliphatic carbocycles. The number of allylic oxidation sites excluding steroid dienone is 2. The van der Waals surface area contributed by atoms with Gasteiger partial charge in [0, 0.05) is 10.8 Å². The Labute approximate surface area is 259 Å². The first-order valence-corrected chi connectivity index (χ1v) is 17.5. The molecule has 0 heterocycles. The van der Waals surface area contributed by atoms with Crippen LogP contribution in [0.25, 0.3) is 0 Å². The van der Waals surface area contributed by atoms with Crippen LogP contribution >= 0.6 is 0 Å². The Balaban J connectivity index is 0.000000140. The second-order valence-corrected chi connectivity index (χ2v) is 16.1. The minimum absolute atomic E-state index is 0.0290. The van der Waals surface area contributed by atoms with Crippen molar-refractivity contribution in [3.8, 4) is 30.4 Å². The van der Waals surface area contributed by atoms with Crippen LogP contribution in [0.3, 0.4) is 0 Å². The van der Waals surface area contributed by atoms with Gasteiger partial charge in [-0.15, -0.1) is 12.8 Å². The molecular weight excluding hydrogens is 528 g/mol. The lowest BCUT2D eigenvalue weighted by atomic mass is 9.50. The van der Waals surface area contributed by atoms with Gasteiger partial charge in [-0.3, -0.25) is 0 Å². The molecule has 43 heavy (non-hydrogen) atoms. The highest BCUT2D eigenvalue weighted by Gasteiger charge is 2.62. The van der Waals surface area contributed by atoms with Crippen molar-refractivity contribution >= 4 is 0 Å². The third-order valence-electron chi connectivity index (χ3n) is 14.9. The van der Waals surface area contributed by atoms with Gasteiger partial charge >= 0.3 is 0 Å². The first-order valence-electron chi connectivity index (χ1n) is 17.5. The molecule has 1 aromatic rings. The molecule has 3 N–H and O–H groups in total. The molecule has 5 fully saturated rings. The molecule has 8 rings (SSSR count). The van der Waals surface area contributed by atoms with E-state index in [9.17, 15) is 15.3 Å². The zero-order chi connectivity index (χ0) is 30.2. The van der Waals surface area contributed by atoms with Crippen LogP contribution < -0.4 is 0 Å². The quantitative estimate of drug-likeness (QED) is 0.216. The Hall–Kier alpha value is -2.20. The van der Waals surface area contributed by atoms with Crippen molar-refractivity contribution in [2.24, 2.45) is 46.3 Å². The summed E-state index contributed by atoms with van der Waals surface area (Å²) in [7, 11) is 0. The van der Waals surface area contributed by atoms with Crippen LogP contribution in [0.1, 0.15) is 121 Å². The number of phenolic OH excluding ortho intramolecular Hbond substituents is 1. The second kappa shape index (κ2) is 10.4. The molecule has 0 aromatic heterocycles. The number of aromatic hydroxyl groups is 1. The lowest BCUT2D eigenvalue weighted by Crippen LogP contribution is -2.52. The third kappa shape index (κ3) is 4.24. The highest BCUT2D eigenvalue weighted by atomic mass is 16.3. The minimum atomic E-state index is -0.919. The highest BCUT2D eigenvalue weighted by molar-refractivity contribution is 5.40. The van der Waals surface area contributed by atoms with Crippen molar-refractivity contribution < 1.29 is 15.3 Å². The van der Waals surface area contributed by atoms with Gasteiger partial charge in [0.1, 0.15) is 17.0 Å². The summed E-state index contributed by atoms with van der Waals surface area (Å²) in [6.07, 6.45) is 31.2. The van der Waals surface area contributed by atoms with Gasteiger partial charge in [0.25, 0.3) is 0 Å². The van der Waals surface area contributed by atoms with Crippen LogP contribution in [0.2, 0.25) is 0 Å². The molecule has 0 spiro atoms. The predicted octanol–water partition coefficient (Wildman–Crippen LogP) is 7.93. The molecule has 1 aromatic carbocycles. The predicted molar refractivity (Wildman–Crippen MR) is 172 cm³/mol. The summed E-state index contributed by atoms with van der Waals surface area (Å²) in [5, 5.41) is 31.6. The number of fused-ring (bicyclic) bond motifs is 10. The standard InChI is InChI=1S/C20H24O2.C20H28O/c1-3-20(22)11-9-18-17-6-4-13-12-14(21)5-7-15(13)16(17)8-10-19(18,20)2;1-3-20(21)13-11-18-17-9-8-14-6-4-5-7-15(14)16(17)10-12-19(18,20)2/h1,5,7,12,16-18,21-22H,4,6,8-11H2,2H3;1,6,15-18,21H,4-5,7-13H2,2H3/t16-,17-,18+,19+,20+;15-,16+,17+,18-,19-,20-/m10/s1. The monoisotopic (exact) mass is 580 g/mol. The Morgan fingerprint density at radius 3 is 2.07 bits per heavy atom. The molecule has 3 heteroatoms. The van der Waals surface area contributed by atoms with Crippen LogP contribution in [0.4, 0.5) is 0 Å². The van der Waals surface area contributed by atoms with Crippen molar-refractivity contribution in [1.29, 1.82) is 0 Å². The van der Waals surface area contributed by atoms with Crippen LogP contribution in [-0.4, -0.2) is 26.5 Å². The molecular formula is C40H52O3. The molecule has 0 aliphatic heterocycles. The molecule has 7 aliphatic rings. The average molecular weight is 581 g/mol. The molecule has 0 amide bonds. The van der Waals surface area contributed by atoms with Gasteiger partial charge in [0.15, 0.2) is 0 Å². The Morgan fingerprint density at radius 1 is 0.721 bits per heavy atom. The number of benzene rings is 1. The zero-order valence-corrected chi connectivity index (χ0v) is 26.5. The molecule has 0 saturated heterocycles. The summed E-state index contributed by atoms with van der Waals surface area (Å²) in [6.45, 7) is 4.50. The second-order valence-electron chi connectivity index (χ2n) is 16.1. The molecule has 3 nitrogen and oxygen atoms in total. The van der Waals surface area contributed by atoms with Gasteiger partial charge in [-0.25, -0.2) is 0 Å². The van der Waals surface area contributed by atoms with E-state index in [1.807, 2.05) is 12.1 Å². The smallest absolute Gasteiger partial charge is 0.130 e. The molecule has 0 bridgehead atoms. The van der Waals surface area contributed by atoms with Crippen molar-refractivity contribution in [1.82, 2.24) is 0 Å². The molecule has 0 unspecified atom stereocenters. The number of terminal acetylenes is 2. The Kier molecular flexibility index (Phi) is 7.16. The lowest BCUT2D eigenvalue weighted by molar-refractivity contribution is -0.0857. The van der Waals surface area contributed by atoms with E-state index in [-0.39, 0.29) is 10.8 Å². The number of aryl methyl sites for hydroxylation is 1. The van der Waals surface area contributed by atoms with E-state index in [0.29, 0.717) is 29.4 Å². The first kappa shape index (κ1) is 29.5. The molecule has 11 atom stereocenters. The van der Waals surface area contributed by atoms with Crippen LogP contribution in [0, 0.1) is 71.0 Å². The fraction of sp³-hybridized carbons (Fsp3) is 0.700. The summed E-state index contributed by atoms with van der Waals surface area (Å²) < 4.78 is 0. The summed E-state index contributed by atoms with van der Waals surface area (Å²) >= 11 is 0. The summed E-state index contributed by atoms with van der Waals surface area (Å²) in [6, 6.07) is 5.87. The molecule has 5 saturated carbocycles. The number of rotatable bonds is 0. The maximum atomic E-state index is 10.9. The zero-order valence-electron chi connectivity index (χ0n) is 26.5. The van der Waals surface area contributed by atoms with E-state index in [4.69, 9.17) is 12.8 Å². The third-order valence-corrected chi connectivity index (χ3v) is 14.9. The molecule has 0 radical (unpaired) electrons. The number of aliphatic hydroxyl groups is 2. The van der Waals surface area contributed by atoms with E-state index in [1.165, 1.54) is 49.7 Å². The lowest BCUT2D eigenvalue weighted by Gasteiger charge is -2.54. The summed E-state index contributed by atoms with van der Waals surface area (Å²) in [5.74, 6) is 10.8. The van der Waals surface area contributed by atoms with E-state index in [0.717, 1.165) is 75.5 Å². The maximum absolute atomic E-state index is 10.9. The maximum Gasteiger partial charge on any atom is 0.130 e. The van der Waals surface area contributed by atoms with Gasteiger partial charge in [-0.05, 0) is 161 Å². The summed E-state index contributed by atoms with van der Waals surface area (Å²) in [4.78, 5) is 0. The van der Waals surface area contributed by atoms with Crippen LogP contribution in [0.5, 0.6) is 5.75 Å². The number of hydrogen-bond donors (Lipinski definition) is 3. The van der Waals surface area contributed by atoms with Crippen LogP contribution in [-0.2, 0) is 6.42 Å². The number of phenols is 1. The van der Waals surface area contributed by atoms with Gasteiger partial charge in [0.2, 0.25) is 0 Å². The topological polar surface area (TPSA) is 60.7 Å². The Morgan fingerprint density at radius 2 is 1.37 bits per heavy atom. The van der Waals surface area contributed by atoms with Gasteiger partial charge in [0.05, 0.1) is 0 Å². The van der Waals surface area contributed by atoms with Crippen molar-refractivity contribution in [3.05, 3.63) is 41.0 Å². The van der Waals surface area contributed by atoms with Crippen LogP contribution in [0.15, 0.2) is 29.8 Å². The van der Waals surface area contributed by atoms with Gasteiger partial charge in [-0.1, -0.05) is 43.4 Å². The van der Waals surface area contributed by atoms with E-state index in [1.54, 1.807) is 5.57 Å².